The molecule has 6 heteroatoms. The van der Waals surface area contributed by atoms with Crippen molar-refractivity contribution in [1.29, 1.82) is 0 Å². The van der Waals surface area contributed by atoms with E-state index in [-0.39, 0.29) is 19.0 Å². The zero-order valence-corrected chi connectivity index (χ0v) is 16.4. The minimum absolute atomic E-state index is 0.00690. The van der Waals surface area contributed by atoms with Crippen LogP contribution in [0.1, 0.15) is 5.56 Å². The number of hydrogen-bond acceptors (Lipinski definition) is 4. The summed E-state index contributed by atoms with van der Waals surface area (Å²) in [5.41, 5.74) is 2.46. The van der Waals surface area contributed by atoms with E-state index in [1.165, 1.54) is 0 Å². The SMILES string of the molecule is O=C1CN(CC(=O)N(Cc2ccccc2)c2ccccc2)c2cc(Cl)ccc2O1. The molecule has 1 amide bonds. The maximum absolute atomic E-state index is 13.3. The quantitative estimate of drug-likeness (QED) is 0.468. The van der Waals surface area contributed by atoms with E-state index in [0.29, 0.717) is 23.0 Å². The first-order chi connectivity index (χ1) is 14.1. The summed E-state index contributed by atoms with van der Waals surface area (Å²) in [6, 6.07) is 24.3. The maximum Gasteiger partial charge on any atom is 0.331 e. The molecule has 0 atom stereocenters. The van der Waals surface area contributed by atoms with E-state index in [1.54, 1.807) is 28.0 Å². The van der Waals surface area contributed by atoms with E-state index < -0.39 is 5.97 Å². The Morgan fingerprint density at radius 2 is 1.69 bits per heavy atom. The molecule has 0 fully saturated rings. The summed E-state index contributed by atoms with van der Waals surface area (Å²) in [7, 11) is 0. The lowest BCUT2D eigenvalue weighted by Crippen LogP contribution is -2.45. The van der Waals surface area contributed by atoms with Gasteiger partial charge in [-0.3, -0.25) is 4.79 Å². The molecule has 0 radical (unpaired) electrons. The number of nitrogens with zero attached hydrogens (tertiary/aromatic N) is 2. The Labute approximate surface area is 174 Å². The van der Waals surface area contributed by atoms with Crippen molar-refractivity contribution in [2.24, 2.45) is 0 Å². The van der Waals surface area contributed by atoms with E-state index >= 15 is 0 Å². The highest BCUT2D eigenvalue weighted by atomic mass is 35.5. The Kier molecular flexibility index (Phi) is 5.49. The molecular weight excluding hydrogens is 388 g/mol. The predicted octanol–water partition coefficient (Wildman–Crippen LogP) is 4.30. The van der Waals surface area contributed by atoms with Gasteiger partial charge >= 0.3 is 5.97 Å². The van der Waals surface area contributed by atoms with E-state index in [9.17, 15) is 9.59 Å². The number of carbonyl (C=O) groups is 2. The number of benzene rings is 3. The Hall–Kier alpha value is -3.31. The molecule has 1 heterocycles. The number of esters is 1. The topological polar surface area (TPSA) is 49.9 Å². The van der Waals surface area contributed by atoms with Crippen molar-refractivity contribution >= 4 is 34.9 Å². The summed E-state index contributed by atoms with van der Waals surface area (Å²) >= 11 is 6.12. The molecule has 4 rings (SSSR count). The van der Waals surface area contributed by atoms with E-state index in [4.69, 9.17) is 16.3 Å². The molecule has 0 saturated heterocycles. The van der Waals surface area contributed by atoms with Crippen LogP contribution in [0.25, 0.3) is 0 Å². The Morgan fingerprint density at radius 1 is 1.00 bits per heavy atom. The van der Waals surface area contributed by atoms with Crippen molar-refractivity contribution in [1.82, 2.24) is 0 Å². The van der Waals surface area contributed by atoms with Crippen LogP contribution in [0.15, 0.2) is 78.9 Å². The second-order valence-corrected chi connectivity index (χ2v) is 7.18. The van der Waals surface area contributed by atoms with Gasteiger partial charge in [-0.1, -0.05) is 60.1 Å². The van der Waals surface area contributed by atoms with Gasteiger partial charge in [0.2, 0.25) is 5.91 Å². The van der Waals surface area contributed by atoms with Crippen LogP contribution >= 0.6 is 11.6 Å². The van der Waals surface area contributed by atoms with E-state index in [0.717, 1.165) is 11.3 Å². The molecule has 1 aliphatic rings. The van der Waals surface area contributed by atoms with Gasteiger partial charge < -0.3 is 14.5 Å². The molecule has 3 aromatic carbocycles. The van der Waals surface area contributed by atoms with Gasteiger partial charge in [0.25, 0.3) is 0 Å². The van der Waals surface area contributed by atoms with Crippen molar-refractivity contribution < 1.29 is 14.3 Å². The summed E-state index contributed by atoms with van der Waals surface area (Å²) in [4.78, 5) is 28.8. The van der Waals surface area contributed by atoms with Gasteiger partial charge in [0, 0.05) is 10.7 Å². The number of para-hydroxylation sites is 1. The van der Waals surface area contributed by atoms with Gasteiger partial charge in [-0.05, 0) is 35.9 Å². The molecule has 0 aromatic heterocycles. The molecule has 0 spiro atoms. The molecule has 0 unspecified atom stereocenters. The van der Waals surface area contributed by atoms with Gasteiger partial charge in [-0.2, -0.15) is 0 Å². The third kappa shape index (κ3) is 4.41. The highest BCUT2D eigenvalue weighted by Crippen LogP contribution is 2.34. The lowest BCUT2D eigenvalue weighted by molar-refractivity contribution is -0.133. The van der Waals surface area contributed by atoms with Crippen LogP contribution in [-0.2, 0) is 16.1 Å². The summed E-state index contributed by atoms with van der Waals surface area (Å²) in [6.45, 7) is 0.460. The molecule has 5 nitrogen and oxygen atoms in total. The first-order valence-corrected chi connectivity index (χ1v) is 9.62. The smallest absolute Gasteiger partial charge is 0.331 e. The van der Waals surface area contributed by atoms with Crippen molar-refractivity contribution in [3.05, 3.63) is 89.4 Å². The first kappa shape index (κ1) is 19.0. The third-order valence-corrected chi connectivity index (χ3v) is 4.92. The fourth-order valence-electron chi connectivity index (χ4n) is 3.31. The Bertz CT molecular complexity index is 1020. The second kappa shape index (κ2) is 8.37. The molecule has 0 saturated carbocycles. The molecule has 3 aromatic rings. The van der Waals surface area contributed by atoms with Gasteiger partial charge in [0.15, 0.2) is 5.75 Å². The molecule has 0 bridgehead atoms. The summed E-state index contributed by atoms with van der Waals surface area (Å²) in [5.74, 6) is -0.115. The molecule has 146 valence electrons. The standard InChI is InChI=1S/C23H19ClN2O3/c24-18-11-12-21-20(13-18)25(16-23(28)29-21)15-22(27)26(19-9-5-2-6-10-19)14-17-7-3-1-4-8-17/h1-13H,14-16H2. The van der Waals surface area contributed by atoms with Crippen molar-refractivity contribution in [3.63, 3.8) is 0 Å². The van der Waals surface area contributed by atoms with E-state index in [1.807, 2.05) is 60.7 Å². The van der Waals surface area contributed by atoms with Crippen LogP contribution in [0.4, 0.5) is 11.4 Å². The summed E-state index contributed by atoms with van der Waals surface area (Å²) in [5, 5.41) is 0.517. The molecule has 1 aliphatic heterocycles. The number of carbonyl (C=O) groups excluding carboxylic acids is 2. The summed E-state index contributed by atoms with van der Waals surface area (Å²) < 4.78 is 5.28. The number of fused-ring (bicyclic) bond motifs is 1. The van der Waals surface area contributed by atoms with Gasteiger partial charge in [0.1, 0.15) is 6.54 Å². The number of hydrogen-bond donors (Lipinski definition) is 0. The van der Waals surface area contributed by atoms with Crippen LogP contribution in [0, 0.1) is 0 Å². The number of ether oxygens (including phenoxy) is 1. The van der Waals surface area contributed by atoms with Crippen LogP contribution in [-0.4, -0.2) is 25.0 Å². The highest BCUT2D eigenvalue weighted by molar-refractivity contribution is 6.31. The monoisotopic (exact) mass is 406 g/mol. The molecule has 29 heavy (non-hydrogen) atoms. The number of rotatable bonds is 5. The Balaban J connectivity index is 1.62. The van der Waals surface area contributed by atoms with Gasteiger partial charge in [0.05, 0.1) is 18.8 Å². The lowest BCUT2D eigenvalue weighted by Gasteiger charge is -2.32. The lowest BCUT2D eigenvalue weighted by atomic mass is 10.2. The third-order valence-electron chi connectivity index (χ3n) is 4.68. The summed E-state index contributed by atoms with van der Waals surface area (Å²) in [6.07, 6.45) is 0. The van der Waals surface area contributed by atoms with Crippen LogP contribution in [0.2, 0.25) is 5.02 Å². The van der Waals surface area contributed by atoms with Crippen molar-refractivity contribution in [2.75, 3.05) is 22.9 Å². The highest BCUT2D eigenvalue weighted by Gasteiger charge is 2.28. The predicted molar refractivity (Wildman–Crippen MR) is 113 cm³/mol. The average Bonchev–Trinajstić information content (AvgIpc) is 2.74. The second-order valence-electron chi connectivity index (χ2n) is 6.74. The largest absolute Gasteiger partial charge is 0.423 e. The van der Waals surface area contributed by atoms with Gasteiger partial charge in [-0.15, -0.1) is 0 Å². The number of anilines is 2. The molecule has 0 N–H and O–H groups in total. The zero-order valence-electron chi connectivity index (χ0n) is 15.6. The fourth-order valence-corrected chi connectivity index (χ4v) is 3.47. The Morgan fingerprint density at radius 3 is 2.41 bits per heavy atom. The molecule has 0 aliphatic carbocycles. The minimum Gasteiger partial charge on any atom is -0.423 e. The minimum atomic E-state index is -0.401. The fraction of sp³-hybridized carbons (Fsp3) is 0.130. The first-order valence-electron chi connectivity index (χ1n) is 9.25. The number of halogens is 1. The average molecular weight is 407 g/mol. The zero-order chi connectivity index (χ0) is 20.2. The van der Waals surface area contributed by atoms with Crippen LogP contribution in [0.5, 0.6) is 5.75 Å². The molecular formula is C23H19ClN2O3. The van der Waals surface area contributed by atoms with Crippen molar-refractivity contribution in [3.8, 4) is 5.75 Å². The van der Waals surface area contributed by atoms with Crippen LogP contribution in [0.3, 0.4) is 0 Å². The van der Waals surface area contributed by atoms with Crippen LogP contribution < -0.4 is 14.5 Å². The normalized spacial score (nSPS) is 12.9. The number of amides is 1. The van der Waals surface area contributed by atoms with Gasteiger partial charge in [-0.25, -0.2) is 4.79 Å². The van der Waals surface area contributed by atoms with E-state index in [2.05, 4.69) is 0 Å². The van der Waals surface area contributed by atoms with Crippen molar-refractivity contribution in [2.45, 2.75) is 6.54 Å². The maximum atomic E-state index is 13.3.